The summed E-state index contributed by atoms with van der Waals surface area (Å²) in [7, 11) is 0. The summed E-state index contributed by atoms with van der Waals surface area (Å²) in [4.78, 5) is 29.3. The van der Waals surface area contributed by atoms with Gasteiger partial charge in [-0.3, -0.25) is 4.90 Å². The van der Waals surface area contributed by atoms with Gasteiger partial charge in [-0.05, 0) is 53.6 Å². The van der Waals surface area contributed by atoms with Crippen molar-refractivity contribution in [1.29, 1.82) is 0 Å². The minimum atomic E-state index is -0.381. The van der Waals surface area contributed by atoms with Crippen molar-refractivity contribution in [2.24, 2.45) is 0 Å². The van der Waals surface area contributed by atoms with Crippen LogP contribution in [0.25, 0.3) is 0 Å². The first-order chi connectivity index (χ1) is 16.0. The number of thiophene rings is 2. The van der Waals surface area contributed by atoms with Gasteiger partial charge in [-0.2, -0.15) is 0 Å². The Morgan fingerprint density at radius 2 is 1.67 bits per heavy atom. The van der Waals surface area contributed by atoms with Crippen LogP contribution in [-0.2, 0) is 17.8 Å². The van der Waals surface area contributed by atoms with E-state index in [1.54, 1.807) is 27.6 Å². The van der Waals surface area contributed by atoms with Crippen molar-refractivity contribution in [3.05, 3.63) is 73.5 Å². The van der Waals surface area contributed by atoms with Gasteiger partial charge < -0.3 is 15.4 Å². The minimum absolute atomic E-state index is 0.123. The Balaban J connectivity index is 1.57. The van der Waals surface area contributed by atoms with Gasteiger partial charge in [-0.15, -0.1) is 22.7 Å². The molecule has 0 spiro atoms. The fourth-order valence-electron chi connectivity index (χ4n) is 3.16. The van der Waals surface area contributed by atoms with Gasteiger partial charge in [0.2, 0.25) is 0 Å². The number of hydrogen-bond donors (Lipinski definition) is 2. The molecular weight excluding hydrogens is 522 g/mol. The Bertz CT molecular complexity index is 943. The molecule has 3 rings (SSSR count). The molecular formula is C24H28BrN3O3S2. The van der Waals surface area contributed by atoms with Crippen LogP contribution in [0.2, 0.25) is 0 Å². The van der Waals surface area contributed by atoms with E-state index in [0.29, 0.717) is 18.8 Å². The summed E-state index contributed by atoms with van der Waals surface area (Å²) >= 11 is 6.61. The first-order valence-corrected chi connectivity index (χ1v) is 13.4. The molecule has 0 unspecified atom stereocenters. The zero-order valence-corrected chi connectivity index (χ0v) is 21.7. The van der Waals surface area contributed by atoms with Gasteiger partial charge in [0.25, 0.3) is 0 Å². The Morgan fingerprint density at radius 1 is 1.03 bits per heavy atom. The standard InChI is InChI=1S/C24H28BrN3O3S2/c1-2-3-6-20(27-23(29)26-19-11-9-18(25)10-12-19)17-31-24(30)28(15-21-7-4-13-32-21)16-22-8-5-14-33-22/h4-5,7-14,20H,2-3,6,15-17H2,1H3,(H2,26,27,29)/t20-/m0/s1. The number of halogens is 1. The van der Waals surface area contributed by atoms with Gasteiger partial charge in [0, 0.05) is 19.9 Å². The third-order valence-corrected chi connectivity index (χ3v) is 7.11. The number of hydrogen-bond acceptors (Lipinski definition) is 5. The largest absolute Gasteiger partial charge is 0.447 e. The number of unbranched alkanes of at least 4 members (excludes halogenated alkanes) is 1. The fourth-order valence-corrected chi connectivity index (χ4v) is 4.87. The van der Waals surface area contributed by atoms with Crippen molar-refractivity contribution in [3.8, 4) is 0 Å². The number of urea groups is 1. The van der Waals surface area contributed by atoms with Crippen LogP contribution in [0.1, 0.15) is 35.9 Å². The maximum Gasteiger partial charge on any atom is 0.410 e. The highest BCUT2D eigenvalue weighted by molar-refractivity contribution is 9.10. The quantitative estimate of drug-likeness (QED) is 0.268. The molecule has 0 saturated heterocycles. The van der Waals surface area contributed by atoms with Crippen LogP contribution in [0.15, 0.2) is 63.8 Å². The summed E-state index contributed by atoms with van der Waals surface area (Å²) < 4.78 is 6.62. The molecule has 33 heavy (non-hydrogen) atoms. The van der Waals surface area contributed by atoms with Crippen molar-refractivity contribution < 1.29 is 14.3 Å². The highest BCUT2D eigenvalue weighted by Gasteiger charge is 2.20. The maximum atomic E-state index is 13.0. The number of carbonyl (C=O) groups excluding carboxylic acids is 2. The Labute approximate surface area is 211 Å². The topological polar surface area (TPSA) is 70.7 Å². The summed E-state index contributed by atoms with van der Waals surface area (Å²) in [6.07, 6.45) is 2.26. The predicted octanol–water partition coefficient (Wildman–Crippen LogP) is 7.09. The van der Waals surface area contributed by atoms with Crippen LogP contribution in [0.4, 0.5) is 15.3 Å². The smallest absolute Gasteiger partial charge is 0.410 e. The lowest BCUT2D eigenvalue weighted by atomic mass is 10.1. The molecule has 9 heteroatoms. The van der Waals surface area contributed by atoms with E-state index in [4.69, 9.17) is 4.74 Å². The first-order valence-electron chi connectivity index (χ1n) is 10.8. The number of amides is 3. The molecule has 0 aliphatic carbocycles. The monoisotopic (exact) mass is 549 g/mol. The van der Waals surface area contributed by atoms with Crippen LogP contribution in [0.3, 0.4) is 0 Å². The highest BCUT2D eigenvalue weighted by atomic mass is 79.9. The summed E-state index contributed by atoms with van der Waals surface area (Å²) in [5.41, 5.74) is 0.694. The number of benzene rings is 1. The number of anilines is 1. The van der Waals surface area contributed by atoms with Crippen molar-refractivity contribution in [1.82, 2.24) is 10.2 Å². The van der Waals surface area contributed by atoms with Gasteiger partial charge >= 0.3 is 12.1 Å². The Hall–Kier alpha value is -2.36. The van der Waals surface area contributed by atoms with Gasteiger partial charge in [0.1, 0.15) is 6.61 Å². The molecule has 0 aliphatic rings. The SMILES string of the molecule is CCCC[C@@H](COC(=O)N(Cc1cccs1)Cc1cccs1)NC(=O)Nc1ccc(Br)cc1. The molecule has 2 heterocycles. The second kappa shape index (κ2) is 13.4. The van der Waals surface area contributed by atoms with Gasteiger partial charge in [0.05, 0.1) is 19.1 Å². The van der Waals surface area contributed by atoms with E-state index in [1.165, 1.54) is 0 Å². The van der Waals surface area contributed by atoms with E-state index in [-0.39, 0.29) is 24.8 Å². The van der Waals surface area contributed by atoms with Crippen molar-refractivity contribution in [3.63, 3.8) is 0 Å². The van der Waals surface area contributed by atoms with E-state index in [9.17, 15) is 9.59 Å². The van der Waals surface area contributed by atoms with Crippen molar-refractivity contribution >= 4 is 56.4 Å². The summed E-state index contributed by atoms with van der Waals surface area (Å²) in [6.45, 7) is 3.20. The molecule has 0 aliphatic heterocycles. The summed E-state index contributed by atoms with van der Waals surface area (Å²) in [6, 6.07) is 14.7. The molecule has 2 N–H and O–H groups in total. The van der Waals surface area contributed by atoms with Gasteiger partial charge in [-0.1, -0.05) is 47.8 Å². The number of nitrogens with zero attached hydrogens (tertiary/aromatic N) is 1. The maximum absolute atomic E-state index is 13.0. The van der Waals surface area contributed by atoms with Crippen LogP contribution in [-0.4, -0.2) is 29.7 Å². The number of rotatable bonds is 11. The highest BCUT2D eigenvalue weighted by Crippen LogP contribution is 2.18. The normalized spacial score (nSPS) is 11.6. The van der Waals surface area contributed by atoms with Crippen LogP contribution in [0.5, 0.6) is 0 Å². The third kappa shape index (κ3) is 8.83. The van der Waals surface area contributed by atoms with E-state index in [2.05, 4.69) is 33.5 Å². The molecule has 0 radical (unpaired) electrons. The Kier molecular flexibility index (Phi) is 10.2. The van der Waals surface area contributed by atoms with Crippen molar-refractivity contribution in [2.75, 3.05) is 11.9 Å². The minimum Gasteiger partial charge on any atom is -0.447 e. The molecule has 6 nitrogen and oxygen atoms in total. The zero-order chi connectivity index (χ0) is 23.5. The van der Waals surface area contributed by atoms with E-state index in [0.717, 1.165) is 33.5 Å². The first kappa shape index (κ1) is 25.3. The lowest BCUT2D eigenvalue weighted by Crippen LogP contribution is -2.42. The molecule has 0 fully saturated rings. The predicted molar refractivity (Wildman–Crippen MR) is 139 cm³/mol. The third-order valence-electron chi connectivity index (χ3n) is 4.86. The van der Waals surface area contributed by atoms with Gasteiger partial charge in [0.15, 0.2) is 0 Å². The van der Waals surface area contributed by atoms with Crippen LogP contribution >= 0.6 is 38.6 Å². The lowest BCUT2D eigenvalue weighted by molar-refractivity contribution is 0.0884. The van der Waals surface area contributed by atoms with E-state index in [1.807, 2.05) is 59.3 Å². The molecule has 1 aromatic carbocycles. The Morgan fingerprint density at radius 3 is 2.21 bits per heavy atom. The van der Waals surface area contributed by atoms with Gasteiger partial charge in [-0.25, -0.2) is 9.59 Å². The lowest BCUT2D eigenvalue weighted by Gasteiger charge is -2.24. The second-order valence-electron chi connectivity index (χ2n) is 7.54. The molecule has 1 atom stereocenters. The average molecular weight is 551 g/mol. The summed E-state index contributed by atoms with van der Waals surface area (Å²) in [5.74, 6) is 0. The van der Waals surface area contributed by atoms with E-state index < -0.39 is 0 Å². The number of ether oxygens (including phenoxy) is 1. The number of carbonyl (C=O) groups is 2. The second-order valence-corrected chi connectivity index (χ2v) is 10.5. The molecule has 0 saturated carbocycles. The number of nitrogens with one attached hydrogen (secondary N) is 2. The molecule has 3 amide bonds. The average Bonchev–Trinajstić information content (AvgIpc) is 3.51. The molecule has 2 aromatic heterocycles. The zero-order valence-electron chi connectivity index (χ0n) is 18.5. The van der Waals surface area contributed by atoms with Crippen molar-refractivity contribution in [2.45, 2.75) is 45.3 Å². The molecule has 3 aromatic rings. The summed E-state index contributed by atoms with van der Waals surface area (Å²) in [5, 5.41) is 9.77. The van der Waals surface area contributed by atoms with E-state index >= 15 is 0 Å². The molecule has 0 bridgehead atoms. The molecule has 176 valence electrons. The van der Waals surface area contributed by atoms with Crippen LogP contribution in [0, 0.1) is 0 Å². The fraction of sp³-hybridized carbons (Fsp3) is 0.333. The van der Waals surface area contributed by atoms with Crippen LogP contribution < -0.4 is 10.6 Å².